The van der Waals surface area contributed by atoms with Gasteiger partial charge in [-0.2, -0.15) is 5.26 Å². The van der Waals surface area contributed by atoms with Gasteiger partial charge in [0.1, 0.15) is 6.10 Å². The highest BCUT2D eigenvalue weighted by atomic mass is 16.5. The number of nitriles is 1. The third-order valence-electron chi connectivity index (χ3n) is 3.62. The Balaban J connectivity index is 0.000000324. The van der Waals surface area contributed by atoms with Crippen molar-refractivity contribution >= 4 is 5.97 Å². The lowest BCUT2D eigenvalue weighted by Crippen LogP contribution is -2.33. The van der Waals surface area contributed by atoms with Gasteiger partial charge < -0.3 is 20.6 Å². The molecule has 25 heavy (non-hydrogen) atoms. The highest BCUT2D eigenvalue weighted by Crippen LogP contribution is 2.21. The maximum Gasteiger partial charge on any atom is 0.361 e. The van der Waals surface area contributed by atoms with E-state index in [1.54, 1.807) is 19.1 Å². The number of nitrogens with two attached hydrogens (primary N) is 2. The summed E-state index contributed by atoms with van der Waals surface area (Å²) in [6, 6.07) is 11.2. The molecule has 0 saturated heterocycles. The normalized spacial score (nSPS) is 14.9. The van der Waals surface area contributed by atoms with Gasteiger partial charge in [0.2, 0.25) is 5.88 Å². The van der Waals surface area contributed by atoms with Gasteiger partial charge in [0.15, 0.2) is 5.70 Å². The quantitative estimate of drug-likeness (QED) is 0.245. The summed E-state index contributed by atoms with van der Waals surface area (Å²) in [5.41, 5.74) is 8.63. The van der Waals surface area contributed by atoms with Crippen LogP contribution in [-0.2, 0) is 14.3 Å². The molecular weight excluding hydrogens is 320 g/mol. The van der Waals surface area contributed by atoms with Crippen LogP contribution in [0.2, 0.25) is 0 Å². The Bertz CT molecular complexity index is 590. The van der Waals surface area contributed by atoms with Crippen molar-refractivity contribution in [2.24, 2.45) is 11.6 Å². The lowest BCUT2D eigenvalue weighted by Gasteiger charge is -2.23. The maximum absolute atomic E-state index is 11.5. The molecule has 7 heteroatoms. The molecule has 1 saturated carbocycles. The third kappa shape index (κ3) is 7.59. The number of hydrogen-bond acceptors (Lipinski definition) is 7. The summed E-state index contributed by atoms with van der Waals surface area (Å²) in [7, 11) is 0. The number of hydrogen-bond donors (Lipinski definition) is 3. The van der Waals surface area contributed by atoms with Crippen molar-refractivity contribution in [2.75, 3.05) is 6.61 Å². The summed E-state index contributed by atoms with van der Waals surface area (Å²) in [5.74, 6) is 4.66. The van der Waals surface area contributed by atoms with Crippen LogP contribution in [0.25, 0.3) is 0 Å². The number of carbonyl (C=O) groups is 1. The van der Waals surface area contributed by atoms with E-state index in [9.17, 15) is 4.79 Å². The van der Waals surface area contributed by atoms with Crippen LogP contribution in [-0.4, -0.2) is 18.7 Å². The Kier molecular flexibility index (Phi) is 9.56. The highest BCUT2D eigenvalue weighted by molar-refractivity contribution is 5.88. The van der Waals surface area contributed by atoms with Crippen molar-refractivity contribution in [2.45, 2.75) is 45.1 Å². The molecule has 0 bridgehead atoms. The van der Waals surface area contributed by atoms with E-state index in [2.05, 4.69) is 5.43 Å². The fourth-order valence-electron chi connectivity index (χ4n) is 2.37. The van der Waals surface area contributed by atoms with Crippen LogP contribution < -0.4 is 17.0 Å². The van der Waals surface area contributed by atoms with Gasteiger partial charge in [-0.25, -0.2) is 4.79 Å². The standard InChI is InChI=1S/C11H21N3O3.C7H5N/c1-2-16-11(15)9(14-13)10(12)17-8-6-4-3-5-7-8;8-6-7-4-2-1-3-5-7/h8,14H,2-7,12-13H2,1H3;1-5H/b10-9+;. The predicted octanol–water partition coefficient (Wildman–Crippen LogP) is 2.05. The monoisotopic (exact) mass is 346 g/mol. The van der Waals surface area contributed by atoms with Crippen LogP contribution in [0, 0.1) is 11.3 Å². The van der Waals surface area contributed by atoms with Crippen molar-refractivity contribution in [3.05, 3.63) is 47.5 Å². The Morgan fingerprint density at radius 1 is 1.28 bits per heavy atom. The first-order chi connectivity index (χ1) is 12.1. The fourth-order valence-corrected chi connectivity index (χ4v) is 2.37. The molecule has 0 atom stereocenters. The summed E-state index contributed by atoms with van der Waals surface area (Å²) < 4.78 is 10.3. The topological polar surface area (TPSA) is 123 Å². The lowest BCUT2D eigenvalue weighted by atomic mass is 9.98. The van der Waals surface area contributed by atoms with E-state index in [-0.39, 0.29) is 24.3 Å². The molecule has 0 aliphatic heterocycles. The van der Waals surface area contributed by atoms with Gasteiger partial charge in [0.25, 0.3) is 0 Å². The van der Waals surface area contributed by atoms with Gasteiger partial charge in [0.05, 0.1) is 18.2 Å². The molecule has 2 rings (SSSR count). The molecule has 1 aromatic rings. The predicted molar refractivity (Wildman–Crippen MR) is 94.3 cm³/mol. The number of benzene rings is 1. The lowest BCUT2D eigenvalue weighted by molar-refractivity contribution is -0.139. The Hall–Kier alpha value is -2.72. The van der Waals surface area contributed by atoms with Crippen molar-refractivity contribution < 1.29 is 14.3 Å². The van der Waals surface area contributed by atoms with Crippen LogP contribution in [0.5, 0.6) is 0 Å². The van der Waals surface area contributed by atoms with Crippen LogP contribution in [0.3, 0.4) is 0 Å². The first-order valence-corrected chi connectivity index (χ1v) is 8.37. The summed E-state index contributed by atoms with van der Waals surface area (Å²) in [4.78, 5) is 11.5. The van der Waals surface area contributed by atoms with E-state index in [1.807, 2.05) is 24.3 Å². The molecule has 5 N–H and O–H groups in total. The number of carbonyl (C=O) groups excluding carboxylic acids is 1. The van der Waals surface area contributed by atoms with E-state index in [0.29, 0.717) is 5.56 Å². The molecule has 0 heterocycles. The minimum Gasteiger partial charge on any atom is -0.474 e. The van der Waals surface area contributed by atoms with E-state index < -0.39 is 5.97 Å². The minimum atomic E-state index is -0.594. The van der Waals surface area contributed by atoms with Crippen molar-refractivity contribution in [1.82, 2.24) is 5.43 Å². The SMILES string of the molecule is CCOC(=O)/C(NN)=C(/N)OC1CCCCC1.N#Cc1ccccc1. The van der Waals surface area contributed by atoms with Gasteiger partial charge in [-0.1, -0.05) is 24.6 Å². The van der Waals surface area contributed by atoms with Crippen LogP contribution >= 0.6 is 0 Å². The van der Waals surface area contributed by atoms with Crippen LogP contribution in [0.4, 0.5) is 0 Å². The third-order valence-corrected chi connectivity index (χ3v) is 3.62. The smallest absolute Gasteiger partial charge is 0.361 e. The zero-order valence-corrected chi connectivity index (χ0v) is 14.5. The molecule has 1 aliphatic rings. The van der Waals surface area contributed by atoms with Crippen molar-refractivity contribution in [1.29, 1.82) is 5.26 Å². The molecule has 1 fully saturated rings. The van der Waals surface area contributed by atoms with Crippen LogP contribution in [0.1, 0.15) is 44.6 Å². The molecule has 0 radical (unpaired) electrons. The summed E-state index contributed by atoms with van der Waals surface area (Å²) in [6.07, 6.45) is 5.47. The largest absolute Gasteiger partial charge is 0.474 e. The number of hydrazine groups is 1. The first kappa shape index (κ1) is 20.3. The molecule has 0 amide bonds. The highest BCUT2D eigenvalue weighted by Gasteiger charge is 2.20. The second-order valence-electron chi connectivity index (χ2n) is 5.46. The first-order valence-electron chi connectivity index (χ1n) is 8.37. The van der Waals surface area contributed by atoms with Crippen molar-refractivity contribution in [3.63, 3.8) is 0 Å². The van der Waals surface area contributed by atoms with E-state index >= 15 is 0 Å². The average molecular weight is 346 g/mol. The summed E-state index contributed by atoms with van der Waals surface area (Å²) >= 11 is 0. The van der Waals surface area contributed by atoms with E-state index in [4.69, 9.17) is 26.3 Å². The van der Waals surface area contributed by atoms with Gasteiger partial charge in [-0.15, -0.1) is 0 Å². The number of nitrogens with zero attached hydrogens (tertiary/aromatic N) is 1. The van der Waals surface area contributed by atoms with Crippen LogP contribution in [0.15, 0.2) is 41.9 Å². The Labute approximate surface area is 148 Å². The number of ether oxygens (including phenoxy) is 2. The molecule has 7 nitrogen and oxygen atoms in total. The summed E-state index contributed by atoms with van der Waals surface area (Å²) in [6.45, 7) is 1.98. The minimum absolute atomic E-state index is 0.0119. The van der Waals surface area contributed by atoms with Gasteiger partial charge in [-0.3, -0.25) is 5.84 Å². The van der Waals surface area contributed by atoms with Crippen molar-refractivity contribution in [3.8, 4) is 6.07 Å². The van der Waals surface area contributed by atoms with Gasteiger partial charge >= 0.3 is 5.97 Å². The molecule has 0 aromatic heterocycles. The molecule has 1 aliphatic carbocycles. The number of nitrogens with one attached hydrogen (secondary N) is 1. The zero-order valence-electron chi connectivity index (χ0n) is 14.5. The fraction of sp³-hybridized carbons (Fsp3) is 0.444. The Morgan fingerprint density at radius 3 is 2.40 bits per heavy atom. The molecule has 1 aromatic carbocycles. The molecule has 0 spiro atoms. The maximum atomic E-state index is 11.5. The van der Waals surface area contributed by atoms with E-state index in [0.717, 1.165) is 25.7 Å². The average Bonchev–Trinajstić information content (AvgIpc) is 2.64. The molecule has 136 valence electrons. The molecule has 0 unspecified atom stereocenters. The zero-order chi connectivity index (χ0) is 18.5. The second kappa shape index (κ2) is 11.8. The number of rotatable bonds is 5. The Morgan fingerprint density at radius 2 is 1.92 bits per heavy atom. The summed E-state index contributed by atoms with van der Waals surface area (Å²) in [5, 5.41) is 8.29. The number of esters is 1. The molecular formula is C18H26N4O3. The second-order valence-corrected chi connectivity index (χ2v) is 5.46. The van der Waals surface area contributed by atoms with E-state index in [1.165, 1.54) is 6.42 Å². The van der Waals surface area contributed by atoms with Gasteiger partial charge in [-0.05, 0) is 44.7 Å². The van der Waals surface area contributed by atoms with Gasteiger partial charge in [0, 0.05) is 0 Å².